The molecule has 0 saturated heterocycles. The lowest BCUT2D eigenvalue weighted by atomic mass is 9.74. The van der Waals surface area contributed by atoms with E-state index in [1.54, 1.807) is 12.4 Å². The van der Waals surface area contributed by atoms with E-state index in [9.17, 15) is 4.79 Å². The van der Waals surface area contributed by atoms with Crippen LogP contribution in [0.3, 0.4) is 0 Å². The predicted molar refractivity (Wildman–Crippen MR) is 105 cm³/mol. The third-order valence-electron chi connectivity index (χ3n) is 5.91. The topological polar surface area (TPSA) is 67.8 Å². The Morgan fingerprint density at radius 1 is 1.15 bits per heavy atom. The van der Waals surface area contributed by atoms with Crippen molar-refractivity contribution in [1.29, 1.82) is 0 Å². The number of nitrogens with zero attached hydrogens (tertiary/aromatic N) is 3. The number of fused-ring (bicyclic) bond motifs is 1. The van der Waals surface area contributed by atoms with Gasteiger partial charge in [0, 0.05) is 35.6 Å². The molecule has 0 radical (unpaired) electrons. The van der Waals surface area contributed by atoms with E-state index in [4.69, 9.17) is 4.98 Å². The fourth-order valence-corrected chi connectivity index (χ4v) is 4.47. The molecule has 0 unspecified atom stereocenters. The van der Waals surface area contributed by atoms with Crippen LogP contribution in [-0.4, -0.2) is 20.9 Å². The Bertz CT molecular complexity index is 812. The van der Waals surface area contributed by atoms with Crippen LogP contribution in [0, 0.1) is 11.3 Å². The highest BCUT2D eigenvalue weighted by atomic mass is 16.1. The predicted octanol–water partition coefficient (Wildman–Crippen LogP) is 4.25. The van der Waals surface area contributed by atoms with Crippen molar-refractivity contribution in [3.8, 4) is 11.4 Å². The molecule has 27 heavy (non-hydrogen) atoms. The van der Waals surface area contributed by atoms with Crippen molar-refractivity contribution in [2.75, 3.05) is 0 Å². The lowest BCUT2D eigenvalue weighted by Crippen LogP contribution is -2.40. The second-order valence-electron chi connectivity index (χ2n) is 8.77. The van der Waals surface area contributed by atoms with Crippen LogP contribution in [0.15, 0.2) is 30.7 Å². The molecule has 1 atom stereocenters. The number of hydrogen-bond donors (Lipinski definition) is 1. The Morgan fingerprint density at radius 2 is 1.89 bits per heavy atom. The summed E-state index contributed by atoms with van der Waals surface area (Å²) in [5.74, 6) is 1.11. The first-order valence-corrected chi connectivity index (χ1v) is 10.1. The van der Waals surface area contributed by atoms with Gasteiger partial charge in [-0.05, 0) is 43.2 Å². The lowest BCUT2D eigenvalue weighted by Gasteiger charge is -2.37. The van der Waals surface area contributed by atoms with Crippen LogP contribution >= 0.6 is 0 Å². The van der Waals surface area contributed by atoms with E-state index in [2.05, 4.69) is 29.1 Å². The fourth-order valence-electron chi connectivity index (χ4n) is 4.47. The van der Waals surface area contributed by atoms with Crippen molar-refractivity contribution in [3.63, 3.8) is 0 Å². The van der Waals surface area contributed by atoms with Crippen molar-refractivity contribution >= 4 is 5.91 Å². The van der Waals surface area contributed by atoms with Gasteiger partial charge in [-0.3, -0.25) is 9.78 Å². The number of aromatic nitrogens is 3. The van der Waals surface area contributed by atoms with Gasteiger partial charge in [-0.15, -0.1) is 0 Å². The van der Waals surface area contributed by atoms with Crippen LogP contribution < -0.4 is 5.32 Å². The molecule has 2 aromatic rings. The zero-order chi connectivity index (χ0) is 18.9. The summed E-state index contributed by atoms with van der Waals surface area (Å²) in [6.07, 6.45) is 12.9. The Hall–Kier alpha value is -2.30. The minimum atomic E-state index is 0.00432. The summed E-state index contributed by atoms with van der Waals surface area (Å²) in [6.45, 7) is 4.51. The van der Waals surface area contributed by atoms with Crippen LogP contribution in [0.5, 0.6) is 0 Å². The molecule has 1 N–H and O–H groups in total. The van der Waals surface area contributed by atoms with E-state index in [-0.39, 0.29) is 23.3 Å². The van der Waals surface area contributed by atoms with Gasteiger partial charge in [-0.25, -0.2) is 9.97 Å². The highest BCUT2D eigenvalue weighted by molar-refractivity contribution is 5.79. The van der Waals surface area contributed by atoms with Gasteiger partial charge in [0.2, 0.25) is 5.91 Å². The quantitative estimate of drug-likeness (QED) is 0.884. The molecule has 2 aromatic heterocycles. The van der Waals surface area contributed by atoms with Gasteiger partial charge in [0.05, 0.1) is 11.7 Å². The highest BCUT2D eigenvalue weighted by Crippen LogP contribution is 2.40. The molecule has 1 amide bonds. The van der Waals surface area contributed by atoms with Gasteiger partial charge in [0.1, 0.15) is 0 Å². The first-order chi connectivity index (χ1) is 13.0. The van der Waals surface area contributed by atoms with Crippen LogP contribution in [0.2, 0.25) is 0 Å². The molecule has 5 nitrogen and oxygen atoms in total. The highest BCUT2D eigenvalue weighted by Gasteiger charge is 2.35. The Balaban J connectivity index is 1.60. The number of nitrogens with one attached hydrogen (secondary N) is 1. The summed E-state index contributed by atoms with van der Waals surface area (Å²) in [7, 11) is 0. The van der Waals surface area contributed by atoms with Crippen LogP contribution in [-0.2, 0) is 11.2 Å². The van der Waals surface area contributed by atoms with Gasteiger partial charge < -0.3 is 5.32 Å². The molecule has 0 aliphatic heterocycles. The third-order valence-corrected chi connectivity index (χ3v) is 5.91. The molecule has 1 fully saturated rings. The smallest absolute Gasteiger partial charge is 0.223 e. The summed E-state index contributed by atoms with van der Waals surface area (Å²) in [5, 5.41) is 3.33. The van der Waals surface area contributed by atoms with Gasteiger partial charge in [-0.2, -0.15) is 0 Å². The summed E-state index contributed by atoms with van der Waals surface area (Å²) in [4.78, 5) is 26.3. The van der Waals surface area contributed by atoms with Crippen molar-refractivity contribution in [1.82, 2.24) is 20.3 Å². The normalized spacial score (nSPS) is 22.1. The molecule has 2 heterocycles. The van der Waals surface area contributed by atoms with Crippen LogP contribution in [0.25, 0.3) is 11.4 Å². The van der Waals surface area contributed by atoms with Gasteiger partial charge >= 0.3 is 0 Å². The van der Waals surface area contributed by atoms with Gasteiger partial charge in [0.15, 0.2) is 5.82 Å². The van der Waals surface area contributed by atoms with Crippen molar-refractivity contribution < 1.29 is 4.79 Å². The zero-order valence-corrected chi connectivity index (χ0v) is 16.2. The van der Waals surface area contributed by atoms with Crippen molar-refractivity contribution in [2.45, 2.75) is 64.8 Å². The average Bonchev–Trinajstić information content (AvgIpc) is 2.68. The molecule has 2 aliphatic carbocycles. The summed E-state index contributed by atoms with van der Waals surface area (Å²) >= 11 is 0. The molecule has 0 bridgehead atoms. The Labute approximate surface area is 161 Å². The average molecular weight is 364 g/mol. The van der Waals surface area contributed by atoms with Crippen LogP contribution in [0.4, 0.5) is 0 Å². The maximum absolute atomic E-state index is 12.8. The molecule has 1 saturated carbocycles. The maximum Gasteiger partial charge on any atom is 0.223 e. The Morgan fingerprint density at radius 3 is 2.63 bits per heavy atom. The standard InChI is InChI=1S/C22H28N4O/c1-22(2)12-18-17(14-24-20(25-18)15-8-10-23-11-9-15)19(13-22)26-21(27)16-6-4-3-5-7-16/h8-11,14,16,19H,3-7,12-13H2,1-2H3,(H,26,27)/t19-/m0/s1. The summed E-state index contributed by atoms with van der Waals surface area (Å²) in [5.41, 5.74) is 3.21. The maximum atomic E-state index is 12.8. The minimum absolute atomic E-state index is 0.00432. The van der Waals surface area contributed by atoms with Crippen molar-refractivity contribution in [3.05, 3.63) is 42.0 Å². The van der Waals surface area contributed by atoms with Gasteiger partial charge in [-0.1, -0.05) is 33.1 Å². The minimum Gasteiger partial charge on any atom is -0.349 e. The summed E-state index contributed by atoms with van der Waals surface area (Å²) < 4.78 is 0. The molecule has 2 aliphatic rings. The van der Waals surface area contributed by atoms with E-state index in [1.807, 2.05) is 18.3 Å². The third kappa shape index (κ3) is 4.02. The van der Waals surface area contributed by atoms with E-state index in [1.165, 1.54) is 19.3 Å². The fraction of sp³-hybridized carbons (Fsp3) is 0.545. The number of amides is 1. The molecule has 0 spiro atoms. The molecule has 5 heteroatoms. The number of rotatable bonds is 3. The second kappa shape index (κ2) is 7.37. The zero-order valence-electron chi connectivity index (χ0n) is 16.2. The molecule has 4 rings (SSSR count). The van der Waals surface area contributed by atoms with Crippen LogP contribution in [0.1, 0.15) is 69.7 Å². The molecule has 0 aromatic carbocycles. The number of pyridine rings is 1. The molecule has 142 valence electrons. The van der Waals surface area contributed by atoms with E-state index >= 15 is 0 Å². The Kier molecular flexibility index (Phi) is 4.94. The lowest BCUT2D eigenvalue weighted by molar-refractivity contribution is -0.127. The number of carbonyl (C=O) groups is 1. The van der Waals surface area contributed by atoms with E-state index in [0.29, 0.717) is 0 Å². The first-order valence-electron chi connectivity index (χ1n) is 10.1. The van der Waals surface area contributed by atoms with Gasteiger partial charge in [0.25, 0.3) is 0 Å². The number of hydrogen-bond acceptors (Lipinski definition) is 4. The van der Waals surface area contributed by atoms with Crippen molar-refractivity contribution in [2.24, 2.45) is 11.3 Å². The van der Waals surface area contributed by atoms with E-state index in [0.717, 1.165) is 48.3 Å². The van der Waals surface area contributed by atoms with E-state index < -0.39 is 0 Å². The largest absolute Gasteiger partial charge is 0.349 e. The molecular formula is C22H28N4O. The second-order valence-corrected chi connectivity index (χ2v) is 8.77. The summed E-state index contributed by atoms with van der Waals surface area (Å²) in [6, 6.07) is 3.86. The monoisotopic (exact) mass is 364 g/mol. The SMILES string of the molecule is CC1(C)Cc2nc(-c3ccncc3)ncc2[C@@H](NC(=O)C2CCCCC2)C1. The first kappa shape index (κ1) is 18.1. The number of carbonyl (C=O) groups excluding carboxylic acids is 1. The molecular weight excluding hydrogens is 336 g/mol.